The number of fused-ring (bicyclic) bond motifs is 2. The molecular weight excluding hydrogens is 202 g/mol. The summed E-state index contributed by atoms with van der Waals surface area (Å²) in [6, 6.07) is -0.375. The van der Waals surface area contributed by atoms with Gasteiger partial charge in [0.25, 0.3) is 10.1 Å². The summed E-state index contributed by atoms with van der Waals surface area (Å²) in [5, 5.41) is 0. The van der Waals surface area contributed by atoms with Crippen molar-refractivity contribution in [3.05, 3.63) is 0 Å². The topological polar surface area (TPSA) is 80.4 Å². The van der Waals surface area contributed by atoms with Gasteiger partial charge in [0.05, 0.1) is 5.75 Å². The van der Waals surface area contributed by atoms with Crippen LogP contribution in [0.2, 0.25) is 0 Å². The highest BCUT2D eigenvalue weighted by molar-refractivity contribution is 7.85. The first-order valence-corrected chi connectivity index (χ1v) is 6.77. The van der Waals surface area contributed by atoms with Crippen LogP contribution in [0.1, 0.15) is 25.7 Å². The standard InChI is InChI=1S/C9H17NO3S/c10-9(5-14(11,12)13)8-4-6-1-2-7(8)3-6/h6-9H,1-5,10H2,(H,11,12,13). The lowest BCUT2D eigenvalue weighted by Gasteiger charge is -2.26. The first kappa shape index (κ1) is 10.4. The molecule has 0 heterocycles. The fourth-order valence-corrected chi connectivity index (χ4v) is 3.92. The van der Waals surface area contributed by atoms with Crippen molar-refractivity contribution in [1.29, 1.82) is 0 Å². The van der Waals surface area contributed by atoms with E-state index >= 15 is 0 Å². The lowest BCUT2D eigenvalue weighted by Crippen LogP contribution is -2.39. The molecule has 2 fully saturated rings. The van der Waals surface area contributed by atoms with Gasteiger partial charge in [0, 0.05) is 6.04 Å². The van der Waals surface area contributed by atoms with E-state index in [1.54, 1.807) is 0 Å². The Balaban J connectivity index is 1.96. The number of hydrogen-bond acceptors (Lipinski definition) is 3. The van der Waals surface area contributed by atoms with Crippen molar-refractivity contribution in [2.75, 3.05) is 5.75 Å². The quantitative estimate of drug-likeness (QED) is 0.682. The van der Waals surface area contributed by atoms with Gasteiger partial charge in [-0.3, -0.25) is 4.55 Å². The Morgan fingerprint density at radius 1 is 1.36 bits per heavy atom. The van der Waals surface area contributed by atoms with Crippen molar-refractivity contribution in [2.45, 2.75) is 31.7 Å². The predicted molar refractivity (Wildman–Crippen MR) is 53.3 cm³/mol. The molecule has 0 spiro atoms. The molecule has 4 nitrogen and oxygen atoms in total. The minimum Gasteiger partial charge on any atom is -0.326 e. The van der Waals surface area contributed by atoms with E-state index in [0.29, 0.717) is 11.8 Å². The summed E-state index contributed by atoms with van der Waals surface area (Å²) < 4.78 is 30.1. The summed E-state index contributed by atoms with van der Waals surface area (Å²) in [5.41, 5.74) is 5.81. The first-order valence-electron chi connectivity index (χ1n) is 5.16. The van der Waals surface area contributed by atoms with E-state index < -0.39 is 10.1 Å². The van der Waals surface area contributed by atoms with Gasteiger partial charge in [0.15, 0.2) is 0 Å². The van der Waals surface area contributed by atoms with Gasteiger partial charge in [-0.05, 0) is 37.0 Å². The first-order chi connectivity index (χ1) is 6.46. The molecule has 0 aliphatic heterocycles. The minimum atomic E-state index is -3.90. The van der Waals surface area contributed by atoms with Crippen LogP contribution in [0.25, 0.3) is 0 Å². The Hall–Kier alpha value is -0.130. The van der Waals surface area contributed by atoms with E-state index in [1.807, 2.05) is 0 Å². The van der Waals surface area contributed by atoms with Gasteiger partial charge < -0.3 is 5.73 Å². The molecule has 0 aromatic rings. The maximum absolute atomic E-state index is 10.7. The number of rotatable bonds is 3. The molecule has 0 radical (unpaired) electrons. The Bertz CT molecular complexity index is 314. The van der Waals surface area contributed by atoms with Crippen LogP contribution in [0.5, 0.6) is 0 Å². The lowest BCUT2D eigenvalue weighted by atomic mass is 9.84. The summed E-state index contributed by atoms with van der Waals surface area (Å²) in [6.45, 7) is 0. The summed E-state index contributed by atoms with van der Waals surface area (Å²) in [6.07, 6.45) is 4.74. The second-order valence-electron chi connectivity index (χ2n) is 4.75. The van der Waals surface area contributed by atoms with Gasteiger partial charge in [-0.15, -0.1) is 0 Å². The van der Waals surface area contributed by atoms with Gasteiger partial charge >= 0.3 is 0 Å². The second kappa shape index (κ2) is 3.47. The zero-order valence-corrected chi connectivity index (χ0v) is 8.91. The molecule has 0 aromatic carbocycles. The van der Waals surface area contributed by atoms with Crippen LogP contribution in [-0.2, 0) is 10.1 Å². The van der Waals surface area contributed by atoms with Crippen molar-refractivity contribution < 1.29 is 13.0 Å². The van der Waals surface area contributed by atoms with Gasteiger partial charge in [-0.1, -0.05) is 6.42 Å². The molecule has 0 saturated heterocycles. The van der Waals surface area contributed by atoms with Crippen molar-refractivity contribution in [3.8, 4) is 0 Å². The van der Waals surface area contributed by atoms with Crippen molar-refractivity contribution >= 4 is 10.1 Å². The van der Waals surface area contributed by atoms with Crippen LogP contribution in [0.15, 0.2) is 0 Å². The summed E-state index contributed by atoms with van der Waals surface area (Å²) >= 11 is 0. The third-order valence-corrected chi connectivity index (χ3v) is 4.55. The largest absolute Gasteiger partial charge is 0.326 e. The molecular formula is C9H17NO3S. The number of nitrogens with two attached hydrogens (primary N) is 1. The zero-order chi connectivity index (χ0) is 10.3. The molecule has 4 atom stereocenters. The molecule has 4 unspecified atom stereocenters. The fourth-order valence-electron chi connectivity index (χ4n) is 3.19. The van der Waals surface area contributed by atoms with Crippen LogP contribution in [-0.4, -0.2) is 24.8 Å². The van der Waals surface area contributed by atoms with Gasteiger partial charge in [-0.2, -0.15) is 8.42 Å². The fraction of sp³-hybridized carbons (Fsp3) is 1.00. The Labute approximate surface area is 84.6 Å². The van der Waals surface area contributed by atoms with Gasteiger partial charge in [0.2, 0.25) is 0 Å². The predicted octanol–water partition coefficient (Wildman–Crippen LogP) is 0.638. The molecule has 82 valence electrons. The molecule has 2 bridgehead atoms. The molecule has 2 aliphatic rings. The van der Waals surface area contributed by atoms with E-state index in [0.717, 1.165) is 12.3 Å². The van der Waals surface area contributed by atoms with Gasteiger partial charge in [0.1, 0.15) is 0 Å². The molecule has 5 heteroatoms. The summed E-state index contributed by atoms with van der Waals surface area (Å²) in [4.78, 5) is 0. The van der Waals surface area contributed by atoms with E-state index in [1.165, 1.54) is 19.3 Å². The monoisotopic (exact) mass is 219 g/mol. The minimum absolute atomic E-state index is 0.277. The molecule has 2 saturated carbocycles. The maximum Gasteiger partial charge on any atom is 0.266 e. The van der Waals surface area contributed by atoms with Crippen molar-refractivity contribution in [1.82, 2.24) is 0 Å². The van der Waals surface area contributed by atoms with Crippen LogP contribution in [0.4, 0.5) is 0 Å². The van der Waals surface area contributed by atoms with E-state index in [9.17, 15) is 8.42 Å². The van der Waals surface area contributed by atoms with Crippen LogP contribution < -0.4 is 5.73 Å². The van der Waals surface area contributed by atoms with Gasteiger partial charge in [-0.25, -0.2) is 0 Å². The molecule has 3 N–H and O–H groups in total. The lowest BCUT2D eigenvalue weighted by molar-refractivity contribution is 0.291. The van der Waals surface area contributed by atoms with E-state index in [4.69, 9.17) is 10.3 Å². The number of hydrogen-bond donors (Lipinski definition) is 2. The van der Waals surface area contributed by atoms with E-state index in [2.05, 4.69) is 0 Å². The highest BCUT2D eigenvalue weighted by Crippen LogP contribution is 2.49. The Morgan fingerprint density at radius 2 is 2.07 bits per heavy atom. The Morgan fingerprint density at radius 3 is 2.50 bits per heavy atom. The Kier molecular flexibility index (Phi) is 2.57. The molecule has 0 aromatic heterocycles. The summed E-state index contributed by atoms with van der Waals surface area (Å²) in [5.74, 6) is 1.41. The SMILES string of the molecule is NC(CS(=O)(=O)O)C1CC2CCC1C2. The average molecular weight is 219 g/mol. The summed E-state index contributed by atoms with van der Waals surface area (Å²) in [7, 11) is -3.90. The van der Waals surface area contributed by atoms with Crippen molar-refractivity contribution in [3.63, 3.8) is 0 Å². The molecule has 2 aliphatic carbocycles. The maximum atomic E-state index is 10.7. The second-order valence-corrected chi connectivity index (χ2v) is 6.25. The molecule has 14 heavy (non-hydrogen) atoms. The third kappa shape index (κ3) is 2.10. The van der Waals surface area contributed by atoms with Crippen LogP contribution >= 0.6 is 0 Å². The van der Waals surface area contributed by atoms with Crippen LogP contribution in [0.3, 0.4) is 0 Å². The highest BCUT2D eigenvalue weighted by Gasteiger charge is 2.42. The third-order valence-electron chi connectivity index (χ3n) is 3.75. The van der Waals surface area contributed by atoms with Crippen molar-refractivity contribution in [2.24, 2.45) is 23.5 Å². The zero-order valence-electron chi connectivity index (χ0n) is 8.09. The molecule has 0 amide bonds. The van der Waals surface area contributed by atoms with Crippen LogP contribution in [0, 0.1) is 17.8 Å². The smallest absolute Gasteiger partial charge is 0.266 e. The normalized spacial score (nSPS) is 38.9. The highest BCUT2D eigenvalue weighted by atomic mass is 32.2. The van der Waals surface area contributed by atoms with E-state index in [-0.39, 0.29) is 11.8 Å². The average Bonchev–Trinajstić information content (AvgIpc) is 2.59. The molecule has 2 rings (SSSR count).